The minimum absolute atomic E-state index is 0. The van der Waals surface area contributed by atoms with E-state index in [9.17, 15) is 4.79 Å². The van der Waals surface area contributed by atoms with Crippen molar-refractivity contribution in [1.29, 1.82) is 0 Å². The van der Waals surface area contributed by atoms with Crippen LogP contribution < -0.4 is 10.6 Å². The van der Waals surface area contributed by atoms with E-state index in [4.69, 9.17) is 0 Å². The molecular weight excluding hydrogens is 308 g/mol. The number of anilines is 2. The van der Waals surface area contributed by atoms with E-state index in [-0.39, 0.29) is 18.3 Å². The van der Waals surface area contributed by atoms with Crippen LogP contribution in [0.5, 0.6) is 0 Å². The first-order valence-electron chi connectivity index (χ1n) is 7.93. The van der Waals surface area contributed by atoms with Crippen LogP contribution in [-0.2, 0) is 17.6 Å². The van der Waals surface area contributed by atoms with E-state index in [1.54, 1.807) is 0 Å². The third kappa shape index (κ3) is 4.73. The fourth-order valence-corrected chi connectivity index (χ4v) is 2.79. The second-order valence-corrected chi connectivity index (χ2v) is 5.94. The van der Waals surface area contributed by atoms with Gasteiger partial charge in [0.05, 0.1) is 0 Å². The first-order chi connectivity index (χ1) is 10.7. The molecule has 0 aromatic heterocycles. The van der Waals surface area contributed by atoms with Crippen molar-refractivity contribution in [1.82, 2.24) is 0 Å². The molecule has 3 rings (SSSR count). The number of amides is 1. The van der Waals surface area contributed by atoms with Gasteiger partial charge < -0.3 is 10.6 Å². The van der Waals surface area contributed by atoms with Crippen LogP contribution in [0.25, 0.3) is 0 Å². The van der Waals surface area contributed by atoms with Gasteiger partial charge in [-0.25, -0.2) is 0 Å². The Morgan fingerprint density at radius 1 is 1.17 bits per heavy atom. The van der Waals surface area contributed by atoms with Crippen LogP contribution in [0.15, 0.2) is 42.5 Å². The van der Waals surface area contributed by atoms with Gasteiger partial charge in [0.2, 0.25) is 5.91 Å². The average Bonchev–Trinajstić information content (AvgIpc) is 2.54. The van der Waals surface area contributed by atoms with E-state index in [0.29, 0.717) is 6.42 Å². The third-order valence-electron chi connectivity index (χ3n) is 4.09. The Balaban J connectivity index is 0.00000192. The van der Waals surface area contributed by atoms with Gasteiger partial charge in [0.1, 0.15) is 0 Å². The highest BCUT2D eigenvalue weighted by molar-refractivity contribution is 5.91. The summed E-state index contributed by atoms with van der Waals surface area (Å²) in [6, 6.07) is 14.5. The molecule has 122 valence electrons. The Morgan fingerprint density at radius 3 is 2.74 bits per heavy atom. The number of hydrogen-bond acceptors (Lipinski definition) is 2. The number of halogens is 1. The smallest absolute Gasteiger partial charge is 0.224 e. The minimum Gasteiger partial charge on any atom is -0.385 e. The Labute approximate surface area is 143 Å². The van der Waals surface area contributed by atoms with Crippen LogP contribution >= 0.6 is 12.4 Å². The Hall–Kier alpha value is -2.00. The molecule has 3 nitrogen and oxygen atoms in total. The number of fused-ring (bicyclic) bond motifs is 1. The van der Waals surface area contributed by atoms with E-state index in [2.05, 4.69) is 54.0 Å². The number of rotatable bonds is 4. The maximum Gasteiger partial charge on any atom is 0.224 e. The molecule has 0 fully saturated rings. The normalized spacial score (nSPS) is 12.6. The lowest BCUT2D eigenvalue weighted by atomic mass is 10.0. The highest BCUT2D eigenvalue weighted by atomic mass is 35.5. The Bertz CT molecular complexity index is 668. The molecule has 1 aliphatic rings. The Morgan fingerprint density at radius 2 is 1.96 bits per heavy atom. The zero-order valence-corrected chi connectivity index (χ0v) is 14.2. The lowest BCUT2D eigenvalue weighted by Gasteiger charge is -2.18. The lowest BCUT2D eigenvalue weighted by Crippen LogP contribution is -2.15. The SMILES string of the molecule is Cc1ccc(CCC(=O)Nc2ccc3c(c2)CCCN3)cc1.Cl. The quantitative estimate of drug-likeness (QED) is 0.875. The minimum atomic E-state index is 0. The van der Waals surface area contributed by atoms with Crippen molar-refractivity contribution in [2.75, 3.05) is 17.2 Å². The second-order valence-electron chi connectivity index (χ2n) is 5.94. The molecule has 0 unspecified atom stereocenters. The van der Waals surface area contributed by atoms with E-state index < -0.39 is 0 Å². The molecule has 0 aliphatic carbocycles. The standard InChI is InChI=1S/C19H22N2O.ClH/c1-14-4-6-15(7-5-14)8-11-19(22)21-17-9-10-18-16(13-17)3-2-12-20-18;/h4-7,9-10,13,20H,2-3,8,11-12H2,1H3,(H,21,22);1H. The summed E-state index contributed by atoms with van der Waals surface area (Å²) in [5.74, 6) is 0.0734. The summed E-state index contributed by atoms with van der Waals surface area (Å²) in [4.78, 5) is 12.1. The molecule has 2 aromatic carbocycles. The Kier molecular flexibility index (Phi) is 6.05. The molecule has 1 aliphatic heterocycles. The van der Waals surface area contributed by atoms with Crippen molar-refractivity contribution in [2.45, 2.75) is 32.6 Å². The van der Waals surface area contributed by atoms with Crippen LogP contribution in [0, 0.1) is 6.92 Å². The number of carbonyl (C=O) groups excluding carboxylic acids is 1. The van der Waals surface area contributed by atoms with E-state index in [1.807, 2.05) is 6.07 Å². The zero-order valence-electron chi connectivity index (χ0n) is 13.4. The number of benzene rings is 2. The third-order valence-corrected chi connectivity index (χ3v) is 4.09. The van der Waals surface area contributed by atoms with Crippen molar-refractivity contribution >= 4 is 29.7 Å². The number of carbonyl (C=O) groups is 1. The highest BCUT2D eigenvalue weighted by Crippen LogP contribution is 2.25. The maximum absolute atomic E-state index is 12.1. The molecule has 0 atom stereocenters. The summed E-state index contributed by atoms with van der Waals surface area (Å²) in [6.45, 7) is 3.11. The van der Waals surface area contributed by atoms with Gasteiger partial charge in [0.15, 0.2) is 0 Å². The van der Waals surface area contributed by atoms with Crippen molar-refractivity contribution < 1.29 is 4.79 Å². The van der Waals surface area contributed by atoms with Gasteiger partial charge in [-0.1, -0.05) is 29.8 Å². The highest BCUT2D eigenvalue weighted by Gasteiger charge is 2.10. The molecule has 23 heavy (non-hydrogen) atoms. The summed E-state index contributed by atoms with van der Waals surface area (Å²) in [5, 5.41) is 6.39. The lowest BCUT2D eigenvalue weighted by molar-refractivity contribution is -0.116. The molecule has 1 heterocycles. The first kappa shape index (κ1) is 17.4. The topological polar surface area (TPSA) is 41.1 Å². The summed E-state index contributed by atoms with van der Waals surface area (Å²) in [5.41, 5.74) is 5.84. The second kappa shape index (κ2) is 8.02. The predicted octanol–water partition coefficient (Wildman–Crippen LogP) is 4.35. The van der Waals surface area contributed by atoms with Gasteiger partial charge in [0, 0.05) is 24.3 Å². The molecule has 0 bridgehead atoms. The summed E-state index contributed by atoms with van der Waals surface area (Å²) >= 11 is 0. The van der Waals surface area contributed by atoms with E-state index in [0.717, 1.165) is 31.5 Å². The fourth-order valence-electron chi connectivity index (χ4n) is 2.79. The maximum atomic E-state index is 12.1. The van der Waals surface area contributed by atoms with Crippen LogP contribution in [0.3, 0.4) is 0 Å². The van der Waals surface area contributed by atoms with Crippen molar-refractivity contribution in [3.63, 3.8) is 0 Å². The van der Waals surface area contributed by atoms with Gasteiger partial charge in [-0.05, 0) is 55.5 Å². The van der Waals surface area contributed by atoms with Gasteiger partial charge in [-0.2, -0.15) is 0 Å². The molecular formula is C19H23ClN2O. The van der Waals surface area contributed by atoms with Crippen molar-refractivity contribution in [2.24, 2.45) is 0 Å². The van der Waals surface area contributed by atoms with Gasteiger partial charge in [-0.15, -0.1) is 12.4 Å². The van der Waals surface area contributed by atoms with Crippen LogP contribution in [0.1, 0.15) is 29.5 Å². The van der Waals surface area contributed by atoms with Crippen LogP contribution in [0.4, 0.5) is 11.4 Å². The molecule has 2 N–H and O–H groups in total. The van der Waals surface area contributed by atoms with Crippen LogP contribution in [-0.4, -0.2) is 12.5 Å². The molecule has 1 amide bonds. The first-order valence-corrected chi connectivity index (χ1v) is 7.93. The van der Waals surface area contributed by atoms with Gasteiger partial charge in [-0.3, -0.25) is 4.79 Å². The molecule has 2 aromatic rings. The summed E-state index contributed by atoms with van der Waals surface area (Å²) in [6.07, 6.45) is 3.52. The van der Waals surface area contributed by atoms with Crippen molar-refractivity contribution in [3.05, 3.63) is 59.2 Å². The van der Waals surface area contributed by atoms with Crippen LogP contribution in [0.2, 0.25) is 0 Å². The fraction of sp³-hybridized carbons (Fsp3) is 0.316. The average molecular weight is 331 g/mol. The van der Waals surface area contributed by atoms with E-state index >= 15 is 0 Å². The number of aryl methyl sites for hydroxylation is 3. The number of hydrogen-bond donors (Lipinski definition) is 2. The van der Waals surface area contributed by atoms with E-state index in [1.165, 1.54) is 22.4 Å². The number of nitrogens with one attached hydrogen (secondary N) is 2. The largest absolute Gasteiger partial charge is 0.385 e. The summed E-state index contributed by atoms with van der Waals surface area (Å²) in [7, 11) is 0. The molecule has 0 radical (unpaired) electrons. The van der Waals surface area contributed by atoms with Gasteiger partial charge in [0.25, 0.3) is 0 Å². The monoisotopic (exact) mass is 330 g/mol. The molecule has 0 spiro atoms. The predicted molar refractivity (Wildman–Crippen MR) is 98.6 cm³/mol. The molecule has 0 saturated heterocycles. The summed E-state index contributed by atoms with van der Waals surface area (Å²) < 4.78 is 0. The molecule has 4 heteroatoms. The zero-order chi connectivity index (χ0) is 15.4. The molecule has 0 saturated carbocycles. The van der Waals surface area contributed by atoms with Crippen molar-refractivity contribution in [3.8, 4) is 0 Å². The van der Waals surface area contributed by atoms with Gasteiger partial charge >= 0.3 is 0 Å².